The molecule has 2 aliphatic rings. The van der Waals surface area contributed by atoms with Gasteiger partial charge in [-0.25, -0.2) is 9.97 Å². The molecule has 6 nitrogen and oxygen atoms in total. The molecule has 2 saturated heterocycles. The first kappa shape index (κ1) is 16.5. The largest absolute Gasteiger partial charge is 0.371 e. The van der Waals surface area contributed by atoms with Crippen molar-refractivity contribution in [3.8, 4) is 0 Å². The van der Waals surface area contributed by atoms with Crippen LogP contribution in [-0.4, -0.2) is 52.6 Å². The topological polar surface area (TPSA) is 67.4 Å². The molecule has 0 radical (unpaired) electrons. The van der Waals surface area contributed by atoms with E-state index in [1.807, 2.05) is 22.4 Å². The Morgan fingerprint density at radius 1 is 1.36 bits per heavy atom. The van der Waals surface area contributed by atoms with Crippen LogP contribution in [-0.2, 0) is 16.0 Å². The summed E-state index contributed by atoms with van der Waals surface area (Å²) in [5.41, 5.74) is -0.106. The van der Waals surface area contributed by atoms with Crippen LogP contribution in [0.15, 0.2) is 36.0 Å². The SMILES string of the molecule is O=C(Cc1cccs1)N1CC2(CC[C@@H](CNc3ncccn3)CO2)C1. The Morgan fingerprint density at radius 3 is 2.88 bits per heavy atom. The molecule has 25 heavy (non-hydrogen) atoms. The number of carbonyl (C=O) groups excluding carboxylic acids is 1. The van der Waals surface area contributed by atoms with Gasteiger partial charge in [-0.3, -0.25) is 4.79 Å². The van der Waals surface area contributed by atoms with Gasteiger partial charge in [0.15, 0.2) is 0 Å². The summed E-state index contributed by atoms with van der Waals surface area (Å²) in [5, 5.41) is 5.28. The lowest BCUT2D eigenvalue weighted by Crippen LogP contribution is -2.66. The first-order valence-electron chi connectivity index (χ1n) is 8.67. The minimum absolute atomic E-state index is 0.106. The van der Waals surface area contributed by atoms with Gasteiger partial charge in [0.25, 0.3) is 0 Å². The molecule has 1 atom stereocenters. The zero-order valence-corrected chi connectivity index (χ0v) is 14.9. The zero-order valence-electron chi connectivity index (χ0n) is 14.1. The average molecular weight is 358 g/mol. The molecule has 1 N–H and O–H groups in total. The summed E-state index contributed by atoms with van der Waals surface area (Å²) in [6, 6.07) is 5.81. The number of hydrogen-bond donors (Lipinski definition) is 1. The molecule has 4 rings (SSSR count). The van der Waals surface area contributed by atoms with Gasteiger partial charge in [-0.1, -0.05) is 6.07 Å². The molecular formula is C18H22N4O2S. The van der Waals surface area contributed by atoms with E-state index in [-0.39, 0.29) is 11.5 Å². The summed E-state index contributed by atoms with van der Waals surface area (Å²) in [4.78, 5) is 23.7. The fraction of sp³-hybridized carbons (Fsp3) is 0.500. The first-order valence-corrected chi connectivity index (χ1v) is 9.55. The summed E-state index contributed by atoms with van der Waals surface area (Å²) in [7, 11) is 0. The molecule has 7 heteroatoms. The number of amides is 1. The second-order valence-corrected chi connectivity index (χ2v) is 7.89. The van der Waals surface area contributed by atoms with Crippen molar-refractivity contribution >= 4 is 23.2 Å². The highest BCUT2D eigenvalue weighted by Gasteiger charge is 2.48. The van der Waals surface area contributed by atoms with E-state index in [4.69, 9.17) is 4.74 Å². The van der Waals surface area contributed by atoms with E-state index >= 15 is 0 Å². The van der Waals surface area contributed by atoms with Crippen LogP contribution in [0, 0.1) is 5.92 Å². The normalized spacial score (nSPS) is 21.8. The summed E-state index contributed by atoms with van der Waals surface area (Å²) >= 11 is 1.64. The van der Waals surface area contributed by atoms with E-state index in [1.165, 1.54) is 0 Å². The minimum Gasteiger partial charge on any atom is -0.371 e. The fourth-order valence-corrected chi connectivity index (χ4v) is 4.15. The van der Waals surface area contributed by atoms with Crippen molar-refractivity contribution in [1.82, 2.24) is 14.9 Å². The molecular weight excluding hydrogens is 336 g/mol. The third-order valence-electron chi connectivity index (χ3n) is 4.96. The van der Waals surface area contributed by atoms with Gasteiger partial charge in [0.05, 0.1) is 26.1 Å². The molecule has 1 amide bonds. The standard InChI is InChI=1S/C18H22N4O2S/c23-16(9-15-3-1-8-25-15)22-12-18(13-22)5-4-14(11-24-18)10-21-17-19-6-2-7-20-17/h1-3,6-8,14H,4-5,9-13H2,(H,19,20,21)/t14-/m0/s1. The maximum absolute atomic E-state index is 12.3. The maximum Gasteiger partial charge on any atom is 0.228 e. The number of anilines is 1. The summed E-state index contributed by atoms with van der Waals surface area (Å²) in [6.45, 7) is 3.02. The molecule has 4 heterocycles. The van der Waals surface area contributed by atoms with Crippen molar-refractivity contribution in [2.24, 2.45) is 5.92 Å². The van der Waals surface area contributed by atoms with Crippen molar-refractivity contribution in [3.63, 3.8) is 0 Å². The van der Waals surface area contributed by atoms with Crippen LogP contribution in [0.3, 0.4) is 0 Å². The number of carbonyl (C=O) groups is 1. The van der Waals surface area contributed by atoms with Gasteiger partial charge in [-0.15, -0.1) is 11.3 Å². The van der Waals surface area contributed by atoms with Gasteiger partial charge >= 0.3 is 0 Å². The van der Waals surface area contributed by atoms with E-state index in [1.54, 1.807) is 29.8 Å². The second kappa shape index (κ2) is 7.09. The van der Waals surface area contributed by atoms with Crippen molar-refractivity contribution in [3.05, 3.63) is 40.8 Å². The quantitative estimate of drug-likeness (QED) is 0.887. The molecule has 0 aliphatic carbocycles. The van der Waals surface area contributed by atoms with Gasteiger partial charge < -0.3 is 15.0 Å². The molecule has 0 bridgehead atoms. The number of rotatable bonds is 5. The van der Waals surface area contributed by atoms with Gasteiger partial charge in [0.1, 0.15) is 5.60 Å². The number of aromatic nitrogens is 2. The van der Waals surface area contributed by atoms with E-state index in [0.29, 0.717) is 18.3 Å². The highest BCUT2D eigenvalue weighted by molar-refractivity contribution is 7.10. The second-order valence-electron chi connectivity index (χ2n) is 6.86. The lowest BCUT2D eigenvalue weighted by molar-refractivity contribution is -0.187. The summed E-state index contributed by atoms with van der Waals surface area (Å²) < 4.78 is 6.15. The minimum atomic E-state index is -0.106. The maximum atomic E-state index is 12.3. The lowest BCUT2D eigenvalue weighted by Gasteiger charge is -2.52. The van der Waals surface area contributed by atoms with Crippen molar-refractivity contribution in [1.29, 1.82) is 0 Å². The molecule has 2 aromatic rings. The van der Waals surface area contributed by atoms with Crippen LogP contribution in [0.2, 0.25) is 0 Å². The molecule has 2 fully saturated rings. The molecule has 0 aromatic carbocycles. The van der Waals surface area contributed by atoms with Crippen molar-refractivity contribution < 1.29 is 9.53 Å². The molecule has 132 valence electrons. The Kier molecular flexibility index (Phi) is 4.67. The predicted octanol–water partition coefficient (Wildman–Crippen LogP) is 2.20. The molecule has 1 spiro atoms. The summed E-state index contributed by atoms with van der Waals surface area (Å²) in [6.07, 6.45) is 6.09. The number of nitrogens with zero attached hydrogens (tertiary/aromatic N) is 3. The number of ether oxygens (including phenoxy) is 1. The smallest absolute Gasteiger partial charge is 0.228 e. The number of thiophene rings is 1. The third kappa shape index (κ3) is 3.82. The van der Waals surface area contributed by atoms with E-state index in [0.717, 1.165) is 44.0 Å². The molecule has 0 saturated carbocycles. The fourth-order valence-electron chi connectivity index (χ4n) is 3.45. The van der Waals surface area contributed by atoms with Crippen molar-refractivity contribution in [2.75, 3.05) is 31.6 Å². The Hall–Kier alpha value is -1.99. The van der Waals surface area contributed by atoms with E-state index < -0.39 is 0 Å². The lowest BCUT2D eigenvalue weighted by atomic mass is 9.82. The van der Waals surface area contributed by atoms with Crippen LogP contribution >= 0.6 is 11.3 Å². The van der Waals surface area contributed by atoms with Gasteiger partial charge in [-0.2, -0.15) is 0 Å². The highest BCUT2D eigenvalue weighted by atomic mass is 32.1. The van der Waals surface area contributed by atoms with Crippen LogP contribution in [0.5, 0.6) is 0 Å². The number of likely N-dealkylation sites (tertiary alicyclic amines) is 1. The highest BCUT2D eigenvalue weighted by Crippen LogP contribution is 2.36. The van der Waals surface area contributed by atoms with Crippen LogP contribution < -0.4 is 5.32 Å². The number of hydrogen-bond acceptors (Lipinski definition) is 6. The van der Waals surface area contributed by atoms with Crippen LogP contribution in [0.1, 0.15) is 17.7 Å². The van der Waals surface area contributed by atoms with E-state index in [2.05, 4.69) is 15.3 Å². The third-order valence-corrected chi connectivity index (χ3v) is 5.84. The number of nitrogens with one attached hydrogen (secondary N) is 1. The Bertz CT molecular complexity index is 691. The average Bonchev–Trinajstić information content (AvgIpc) is 3.12. The Balaban J connectivity index is 1.20. The Labute approximate surface area is 151 Å². The zero-order chi connectivity index (χ0) is 17.1. The first-order chi connectivity index (χ1) is 12.2. The predicted molar refractivity (Wildman–Crippen MR) is 96.5 cm³/mol. The van der Waals surface area contributed by atoms with E-state index in [9.17, 15) is 4.79 Å². The van der Waals surface area contributed by atoms with Gasteiger partial charge in [0.2, 0.25) is 11.9 Å². The molecule has 0 unspecified atom stereocenters. The molecule has 2 aromatic heterocycles. The Morgan fingerprint density at radius 2 is 2.20 bits per heavy atom. The summed E-state index contributed by atoms with van der Waals surface area (Å²) in [5.74, 6) is 1.34. The molecule has 2 aliphatic heterocycles. The van der Waals surface area contributed by atoms with Gasteiger partial charge in [-0.05, 0) is 36.3 Å². The van der Waals surface area contributed by atoms with Crippen molar-refractivity contribution in [2.45, 2.75) is 24.9 Å². The van der Waals surface area contributed by atoms with Crippen LogP contribution in [0.4, 0.5) is 5.95 Å². The van der Waals surface area contributed by atoms with Gasteiger partial charge in [0, 0.05) is 23.8 Å². The monoisotopic (exact) mass is 358 g/mol. The van der Waals surface area contributed by atoms with Crippen LogP contribution in [0.25, 0.3) is 0 Å².